The number of halogens is 4. The highest BCUT2D eigenvalue weighted by molar-refractivity contribution is 8.00. The first kappa shape index (κ1) is 17.2. The SMILES string of the molecule is CCOC(=O)c1cc(CCCCl)ccc1SC(F)(F)F. The normalized spacial score (nSPS) is 11.4. The average molecular weight is 327 g/mol. The second-order valence-electron chi connectivity index (χ2n) is 3.89. The fraction of sp³-hybridized carbons (Fsp3) is 0.462. The zero-order valence-corrected chi connectivity index (χ0v) is 12.4. The van der Waals surface area contributed by atoms with Gasteiger partial charge in [0.1, 0.15) is 0 Å². The number of carbonyl (C=O) groups is 1. The van der Waals surface area contributed by atoms with Crippen molar-refractivity contribution < 1.29 is 22.7 Å². The lowest BCUT2D eigenvalue weighted by Gasteiger charge is -2.12. The molecular formula is C13H14ClF3O2S. The first-order valence-electron chi connectivity index (χ1n) is 5.99. The molecule has 20 heavy (non-hydrogen) atoms. The lowest BCUT2D eigenvalue weighted by Crippen LogP contribution is -2.09. The van der Waals surface area contributed by atoms with Crippen LogP contribution in [0.2, 0.25) is 0 Å². The molecule has 112 valence electrons. The molecule has 0 N–H and O–H groups in total. The van der Waals surface area contributed by atoms with Gasteiger partial charge in [0.15, 0.2) is 0 Å². The molecule has 7 heteroatoms. The first-order chi connectivity index (χ1) is 9.37. The Hall–Kier alpha value is -0.880. The van der Waals surface area contributed by atoms with Crippen molar-refractivity contribution in [3.8, 4) is 0 Å². The summed E-state index contributed by atoms with van der Waals surface area (Å²) in [5, 5.41) is 0. The second kappa shape index (κ2) is 7.78. The van der Waals surface area contributed by atoms with Gasteiger partial charge in [-0.25, -0.2) is 4.79 Å². The molecule has 0 spiro atoms. The summed E-state index contributed by atoms with van der Waals surface area (Å²) in [4.78, 5) is 11.6. The van der Waals surface area contributed by atoms with Gasteiger partial charge in [-0.3, -0.25) is 0 Å². The second-order valence-corrected chi connectivity index (χ2v) is 5.38. The number of benzene rings is 1. The molecule has 0 aliphatic carbocycles. The molecule has 1 aromatic carbocycles. The van der Waals surface area contributed by atoms with Gasteiger partial charge in [0, 0.05) is 10.8 Å². The van der Waals surface area contributed by atoms with Crippen LogP contribution in [0.1, 0.15) is 29.3 Å². The van der Waals surface area contributed by atoms with Crippen LogP contribution < -0.4 is 0 Å². The molecule has 0 bridgehead atoms. The Morgan fingerprint density at radius 3 is 2.65 bits per heavy atom. The molecule has 0 aromatic heterocycles. The van der Waals surface area contributed by atoms with E-state index in [1.54, 1.807) is 13.0 Å². The number of rotatable bonds is 6. The van der Waals surface area contributed by atoms with E-state index in [-0.39, 0.29) is 28.8 Å². The van der Waals surface area contributed by atoms with E-state index in [2.05, 4.69) is 0 Å². The van der Waals surface area contributed by atoms with E-state index in [4.69, 9.17) is 16.3 Å². The van der Waals surface area contributed by atoms with Gasteiger partial charge < -0.3 is 4.74 Å². The Morgan fingerprint density at radius 1 is 1.40 bits per heavy atom. The Morgan fingerprint density at radius 2 is 2.10 bits per heavy atom. The Labute approximate surface area is 124 Å². The molecule has 0 unspecified atom stereocenters. The summed E-state index contributed by atoms with van der Waals surface area (Å²) < 4.78 is 42.2. The highest BCUT2D eigenvalue weighted by atomic mass is 35.5. The summed E-state index contributed by atoms with van der Waals surface area (Å²) >= 11 is 5.26. The van der Waals surface area contributed by atoms with Gasteiger partial charge >= 0.3 is 11.5 Å². The van der Waals surface area contributed by atoms with Gasteiger partial charge in [-0.1, -0.05) is 6.07 Å². The summed E-state index contributed by atoms with van der Waals surface area (Å²) in [6.07, 6.45) is 1.29. The molecule has 0 fully saturated rings. The highest BCUT2D eigenvalue weighted by Gasteiger charge is 2.31. The quantitative estimate of drug-likeness (QED) is 0.432. The minimum absolute atomic E-state index is 0.0544. The van der Waals surface area contributed by atoms with Gasteiger partial charge in [-0.15, -0.1) is 11.6 Å². The van der Waals surface area contributed by atoms with Crippen LogP contribution in [0.15, 0.2) is 23.1 Å². The average Bonchev–Trinajstić information content (AvgIpc) is 2.36. The standard InChI is InChI=1S/C13H14ClF3O2S/c1-2-19-12(18)10-8-9(4-3-7-14)5-6-11(10)20-13(15,16)17/h5-6,8H,2-4,7H2,1H3. The molecule has 0 radical (unpaired) electrons. The van der Waals surface area contributed by atoms with Gasteiger partial charge in [0.2, 0.25) is 0 Å². The number of carbonyl (C=O) groups excluding carboxylic acids is 1. The van der Waals surface area contributed by atoms with E-state index in [0.717, 1.165) is 5.56 Å². The monoisotopic (exact) mass is 326 g/mol. The van der Waals surface area contributed by atoms with Crippen molar-refractivity contribution in [3.63, 3.8) is 0 Å². The van der Waals surface area contributed by atoms with Crippen LogP contribution in [0.3, 0.4) is 0 Å². The molecule has 0 saturated heterocycles. The van der Waals surface area contributed by atoms with Crippen molar-refractivity contribution in [1.29, 1.82) is 0 Å². The molecule has 1 aromatic rings. The van der Waals surface area contributed by atoms with Gasteiger partial charge in [-0.2, -0.15) is 13.2 Å². The first-order valence-corrected chi connectivity index (χ1v) is 7.34. The van der Waals surface area contributed by atoms with Crippen LogP contribution in [0, 0.1) is 0 Å². The third-order valence-corrected chi connectivity index (χ3v) is 3.44. The fourth-order valence-electron chi connectivity index (χ4n) is 1.59. The van der Waals surface area contributed by atoms with Crippen LogP contribution in [-0.4, -0.2) is 24.0 Å². The van der Waals surface area contributed by atoms with Crippen LogP contribution in [0.4, 0.5) is 13.2 Å². The largest absolute Gasteiger partial charge is 0.462 e. The van der Waals surface area contributed by atoms with Crippen molar-refractivity contribution in [2.24, 2.45) is 0 Å². The number of hydrogen-bond acceptors (Lipinski definition) is 3. The Kier molecular flexibility index (Phi) is 6.68. The van der Waals surface area contributed by atoms with Crippen molar-refractivity contribution in [2.45, 2.75) is 30.2 Å². The topological polar surface area (TPSA) is 26.3 Å². The molecule has 0 aliphatic heterocycles. The summed E-state index contributed by atoms with van der Waals surface area (Å²) in [7, 11) is 0. The summed E-state index contributed by atoms with van der Waals surface area (Å²) in [6, 6.07) is 4.32. The predicted molar refractivity (Wildman–Crippen MR) is 73.4 cm³/mol. The zero-order chi connectivity index (χ0) is 15.2. The number of alkyl halides is 4. The molecule has 0 saturated carbocycles. The van der Waals surface area contributed by atoms with Gasteiger partial charge in [0.05, 0.1) is 12.2 Å². The van der Waals surface area contributed by atoms with E-state index in [9.17, 15) is 18.0 Å². The van der Waals surface area contributed by atoms with Crippen LogP contribution in [-0.2, 0) is 11.2 Å². The third kappa shape index (κ3) is 5.63. The fourth-order valence-corrected chi connectivity index (χ4v) is 2.36. The maximum Gasteiger partial charge on any atom is 0.446 e. The molecule has 0 aliphatic rings. The van der Waals surface area contributed by atoms with Crippen molar-refractivity contribution in [2.75, 3.05) is 12.5 Å². The van der Waals surface area contributed by atoms with Crippen molar-refractivity contribution in [1.82, 2.24) is 0 Å². The zero-order valence-electron chi connectivity index (χ0n) is 10.8. The molecule has 0 amide bonds. The maximum atomic E-state index is 12.5. The van der Waals surface area contributed by atoms with Crippen molar-refractivity contribution in [3.05, 3.63) is 29.3 Å². The van der Waals surface area contributed by atoms with E-state index in [0.29, 0.717) is 18.7 Å². The smallest absolute Gasteiger partial charge is 0.446 e. The predicted octanol–water partition coefficient (Wildman–Crippen LogP) is 4.65. The van der Waals surface area contributed by atoms with Crippen molar-refractivity contribution >= 4 is 29.3 Å². The number of esters is 1. The van der Waals surface area contributed by atoms with E-state index >= 15 is 0 Å². The maximum absolute atomic E-state index is 12.5. The van der Waals surface area contributed by atoms with Gasteiger partial charge in [0.25, 0.3) is 0 Å². The minimum atomic E-state index is -4.45. The lowest BCUT2D eigenvalue weighted by atomic mass is 10.1. The van der Waals surface area contributed by atoms with E-state index in [1.165, 1.54) is 12.1 Å². The summed E-state index contributed by atoms with van der Waals surface area (Å²) in [5.74, 6) is -0.291. The number of aryl methyl sites for hydroxylation is 1. The van der Waals surface area contributed by atoms with Crippen LogP contribution >= 0.6 is 23.4 Å². The lowest BCUT2D eigenvalue weighted by molar-refractivity contribution is -0.0328. The van der Waals surface area contributed by atoms with Gasteiger partial charge in [-0.05, 0) is 49.2 Å². The number of hydrogen-bond donors (Lipinski definition) is 0. The summed E-state index contributed by atoms with van der Waals surface area (Å²) in [5.41, 5.74) is -3.74. The molecule has 1 rings (SSSR count). The Bertz CT molecular complexity index is 463. The number of ether oxygens (including phenoxy) is 1. The van der Waals surface area contributed by atoms with E-state index < -0.39 is 11.5 Å². The van der Waals surface area contributed by atoms with Crippen LogP contribution in [0.25, 0.3) is 0 Å². The summed E-state index contributed by atoms with van der Waals surface area (Å²) in [6.45, 7) is 1.71. The minimum Gasteiger partial charge on any atom is -0.462 e. The number of thioether (sulfide) groups is 1. The van der Waals surface area contributed by atoms with Crippen LogP contribution in [0.5, 0.6) is 0 Å². The molecule has 0 heterocycles. The molecule has 2 nitrogen and oxygen atoms in total. The molecule has 0 atom stereocenters. The molecular weight excluding hydrogens is 313 g/mol. The van der Waals surface area contributed by atoms with E-state index in [1.807, 2.05) is 0 Å². The Balaban J connectivity index is 3.06. The highest BCUT2D eigenvalue weighted by Crippen LogP contribution is 2.39. The third-order valence-electron chi connectivity index (χ3n) is 2.36.